The molecule has 0 heterocycles. The van der Waals surface area contributed by atoms with Gasteiger partial charge in [-0.1, -0.05) is 48.2 Å². The molecule has 0 aliphatic rings. The van der Waals surface area contributed by atoms with Crippen molar-refractivity contribution < 1.29 is 0 Å². The summed E-state index contributed by atoms with van der Waals surface area (Å²) >= 11 is 3.36. The molecule has 9 heavy (non-hydrogen) atoms. The van der Waals surface area contributed by atoms with Crippen molar-refractivity contribution in [2.75, 3.05) is 0 Å². The van der Waals surface area contributed by atoms with Gasteiger partial charge >= 0.3 is 0 Å². The second-order valence-corrected chi connectivity index (χ2v) is 2.73. The highest BCUT2D eigenvalue weighted by Gasteiger charge is 1.91. The first kappa shape index (κ1) is 9.22. The standard InChI is InChI=1S/C8H15Br/c1-3-5-8(7-9)6-4-2/h7H,3-6H2,1-2H3. The van der Waals surface area contributed by atoms with Gasteiger partial charge in [0.05, 0.1) is 0 Å². The van der Waals surface area contributed by atoms with Crippen LogP contribution in [0.1, 0.15) is 39.5 Å². The van der Waals surface area contributed by atoms with Crippen molar-refractivity contribution in [3.05, 3.63) is 10.6 Å². The third kappa shape index (κ3) is 4.71. The van der Waals surface area contributed by atoms with Crippen LogP contribution < -0.4 is 0 Å². The van der Waals surface area contributed by atoms with E-state index < -0.39 is 0 Å². The van der Waals surface area contributed by atoms with Crippen LogP contribution in [0.4, 0.5) is 0 Å². The Kier molecular flexibility index (Phi) is 6.50. The second-order valence-electron chi connectivity index (χ2n) is 2.27. The normalized spacial score (nSPS) is 9.22. The van der Waals surface area contributed by atoms with Crippen LogP contribution in [-0.4, -0.2) is 0 Å². The SMILES string of the molecule is CCCC(=CBr)CCC. The Balaban J connectivity index is 3.43. The fourth-order valence-corrected chi connectivity index (χ4v) is 1.33. The van der Waals surface area contributed by atoms with Crippen LogP contribution in [0.2, 0.25) is 0 Å². The highest BCUT2D eigenvalue weighted by molar-refractivity contribution is 9.11. The van der Waals surface area contributed by atoms with Gasteiger partial charge in [-0.3, -0.25) is 0 Å². The predicted octanol–water partition coefficient (Wildman–Crippen LogP) is 3.87. The monoisotopic (exact) mass is 190 g/mol. The molecule has 0 amide bonds. The maximum Gasteiger partial charge on any atom is -0.0197 e. The van der Waals surface area contributed by atoms with Crippen LogP contribution in [0.3, 0.4) is 0 Å². The van der Waals surface area contributed by atoms with Crippen LogP contribution >= 0.6 is 15.9 Å². The van der Waals surface area contributed by atoms with Crippen molar-refractivity contribution >= 4 is 15.9 Å². The molecule has 0 bridgehead atoms. The lowest BCUT2D eigenvalue weighted by molar-refractivity contribution is 0.806. The van der Waals surface area contributed by atoms with Crippen molar-refractivity contribution in [1.82, 2.24) is 0 Å². The molecule has 0 aromatic heterocycles. The second kappa shape index (κ2) is 6.34. The Morgan fingerprint density at radius 2 is 1.67 bits per heavy atom. The summed E-state index contributed by atoms with van der Waals surface area (Å²) < 4.78 is 0. The van der Waals surface area contributed by atoms with Gasteiger partial charge in [-0.2, -0.15) is 0 Å². The molecular weight excluding hydrogens is 176 g/mol. The highest BCUT2D eigenvalue weighted by Crippen LogP contribution is 2.13. The van der Waals surface area contributed by atoms with Gasteiger partial charge in [-0.25, -0.2) is 0 Å². The molecule has 1 heteroatoms. The molecule has 0 aliphatic carbocycles. The molecule has 0 aromatic rings. The number of halogens is 1. The zero-order valence-corrected chi connectivity index (χ0v) is 7.87. The first-order valence-electron chi connectivity index (χ1n) is 3.63. The van der Waals surface area contributed by atoms with Gasteiger partial charge in [0.2, 0.25) is 0 Å². The van der Waals surface area contributed by atoms with Crippen molar-refractivity contribution in [2.45, 2.75) is 39.5 Å². The van der Waals surface area contributed by atoms with Crippen LogP contribution in [-0.2, 0) is 0 Å². The molecule has 0 nitrogen and oxygen atoms in total. The summed E-state index contributed by atoms with van der Waals surface area (Å²) in [4.78, 5) is 2.07. The Labute approximate surface area is 66.5 Å². The lowest BCUT2D eigenvalue weighted by Crippen LogP contribution is -1.79. The fourth-order valence-electron chi connectivity index (χ4n) is 0.876. The van der Waals surface area contributed by atoms with E-state index >= 15 is 0 Å². The average Bonchev–Trinajstić information content (AvgIpc) is 1.88. The summed E-state index contributed by atoms with van der Waals surface area (Å²) in [5, 5.41) is 0. The number of rotatable bonds is 4. The molecule has 0 fully saturated rings. The minimum atomic E-state index is 1.25. The third-order valence-electron chi connectivity index (χ3n) is 1.30. The smallest absolute Gasteiger partial charge is 0.0197 e. The zero-order valence-electron chi connectivity index (χ0n) is 6.28. The average molecular weight is 191 g/mol. The van der Waals surface area contributed by atoms with E-state index in [4.69, 9.17) is 0 Å². The quantitative estimate of drug-likeness (QED) is 0.632. The van der Waals surface area contributed by atoms with E-state index in [9.17, 15) is 0 Å². The van der Waals surface area contributed by atoms with Gasteiger partial charge in [-0.15, -0.1) is 0 Å². The molecule has 54 valence electrons. The molecule has 0 rings (SSSR count). The van der Waals surface area contributed by atoms with E-state index in [1.54, 1.807) is 5.57 Å². The van der Waals surface area contributed by atoms with Crippen LogP contribution in [0.5, 0.6) is 0 Å². The third-order valence-corrected chi connectivity index (χ3v) is 1.94. The van der Waals surface area contributed by atoms with E-state index in [2.05, 4.69) is 34.8 Å². The first-order chi connectivity index (χ1) is 4.35. The van der Waals surface area contributed by atoms with Gasteiger partial charge in [0.25, 0.3) is 0 Å². The van der Waals surface area contributed by atoms with Gasteiger partial charge in [0.15, 0.2) is 0 Å². The van der Waals surface area contributed by atoms with E-state index in [1.807, 2.05) is 0 Å². The Hall–Kier alpha value is 0.220. The van der Waals surface area contributed by atoms with Crippen molar-refractivity contribution in [2.24, 2.45) is 0 Å². The van der Waals surface area contributed by atoms with Gasteiger partial charge in [0.1, 0.15) is 0 Å². The molecule has 0 saturated heterocycles. The van der Waals surface area contributed by atoms with Crippen molar-refractivity contribution in [3.8, 4) is 0 Å². The lowest BCUT2D eigenvalue weighted by atomic mass is 10.1. The Morgan fingerprint density at radius 3 is 1.89 bits per heavy atom. The van der Waals surface area contributed by atoms with Gasteiger partial charge in [0, 0.05) is 0 Å². The molecule has 0 unspecified atom stereocenters. The van der Waals surface area contributed by atoms with Crippen molar-refractivity contribution in [3.63, 3.8) is 0 Å². The van der Waals surface area contributed by atoms with E-state index in [1.165, 1.54) is 25.7 Å². The topological polar surface area (TPSA) is 0 Å². The maximum atomic E-state index is 3.36. The largest absolute Gasteiger partial charge is 0.0651 e. The summed E-state index contributed by atoms with van der Waals surface area (Å²) in [5.41, 5.74) is 1.54. The summed E-state index contributed by atoms with van der Waals surface area (Å²) in [6.07, 6.45) is 5.02. The van der Waals surface area contributed by atoms with E-state index in [-0.39, 0.29) is 0 Å². The first-order valence-corrected chi connectivity index (χ1v) is 4.54. The molecule has 0 radical (unpaired) electrons. The van der Waals surface area contributed by atoms with Crippen LogP contribution in [0.25, 0.3) is 0 Å². The Bertz CT molecular complexity index is 76.6. The minimum absolute atomic E-state index is 1.25. The molecule has 0 aliphatic heterocycles. The molecule has 0 N–H and O–H groups in total. The summed E-state index contributed by atoms with van der Waals surface area (Å²) in [6, 6.07) is 0. The summed E-state index contributed by atoms with van der Waals surface area (Å²) in [6.45, 7) is 4.43. The number of hydrogen-bond donors (Lipinski definition) is 0. The molecule has 0 saturated carbocycles. The van der Waals surface area contributed by atoms with Crippen molar-refractivity contribution in [1.29, 1.82) is 0 Å². The minimum Gasteiger partial charge on any atom is -0.0651 e. The van der Waals surface area contributed by atoms with Crippen LogP contribution in [0, 0.1) is 0 Å². The number of hydrogen-bond acceptors (Lipinski definition) is 0. The fraction of sp³-hybridized carbons (Fsp3) is 0.750. The molecule has 0 spiro atoms. The molecular formula is C8H15Br. The predicted molar refractivity (Wildman–Crippen MR) is 46.8 cm³/mol. The van der Waals surface area contributed by atoms with Crippen LogP contribution in [0.15, 0.2) is 10.6 Å². The van der Waals surface area contributed by atoms with E-state index in [0.29, 0.717) is 0 Å². The highest BCUT2D eigenvalue weighted by atomic mass is 79.9. The van der Waals surface area contributed by atoms with Gasteiger partial charge in [-0.05, 0) is 17.8 Å². The zero-order chi connectivity index (χ0) is 7.11. The molecule has 0 atom stereocenters. The van der Waals surface area contributed by atoms with Gasteiger partial charge < -0.3 is 0 Å². The van der Waals surface area contributed by atoms with E-state index in [0.717, 1.165) is 0 Å². The Morgan fingerprint density at radius 1 is 1.22 bits per heavy atom. The summed E-state index contributed by atoms with van der Waals surface area (Å²) in [7, 11) is 0. The summed E-state index contributed by atoms with van der Waals surface area (Å²) in [5.74, 6) is 0. The number of allylic oxidation sites excluding steroid dienone is 1. The molecule has 0 aromatic carbocycles. The lowest BCUT2D eigenvalue weighted by Gasteiger charge is -1.99. The maximum absolute atomic E-state index is 3.36.